The first-order valence-electron chi connectivity index (χ1n) is 3.63. The van der Waals surface area contributed by atoms with E-state index in [0.29, 0.717) is 6.54 Å². The van der Waals surface area contributed by atoms with Crippen LogP contribution in [0.2, 0.25) is 0 Å². The van der Waals surface area contributed by atoms with Crippen molar-refractivity contribution >= 4 is 34.1 Å². The molecule has 1 amide bonds. The smallest absolute Gasteiger partial charge is 0.233 e. The molecule has 0 aliphatic carbocycles. The number of aliphatic hydroxyl groups excluding tert-OH is 1. The molecular weight excluding hydrogens is 194 g/mol. The Morgan fingerprint density at radius 1 is 1.75 bits per heavy atom. The average molecular weight is 207 g/mol. The van der Waals surface area contributed by atoms with Crippen LogP contribution in [0.25, 0.3) is 0 Å². The van der Waals surface area contributed by atoms with Crippen molar-refractivity contribution in [2.75, 3.05) is 13.2 Å². The minimum absolute atomic E-state index is 0.0281. The molecular formula is C7H13NO2S2. The second kappa shape index (κ2) is 6.39. The molecule has 0 spiro atoms. The van der Waals surface area contributed by atoms with Crippen molar-refractivity contribution in [3.05, 3.63) is 0 Å². The molecule has 12 heavy (non-hydrogen) atoms. The van der Waals surface area contributed by atoms with Crippen molar-refractivity contribution in [2.45, 2.75) is 19.1 Å². The number of hydrogen-bond acceptors (Lipinski definition) is 4. The largest absolute Gasteiger partial charge is 0.395 e. The summed E-state index contributed by atoms with van der Waals surface area (Å²) in [6.07, 6.45) is 0. The Labute approximate surface area is 81.9 Å². The number of thioether (sulfide) groups is 1. The van der Waals surface area contributed by atoms with Crippen molar-refractivity contribution < 1.29 is 9.90 Å². The van der Waals surface area contributed by atoms with Gasteiger partial charge in [0.25, 0.3) is 0 Å². The average Bonchev–Trinajstić information content (AvgIpc) is 1.98. The number of carbonyl (C=O) groups excluding carboxylic acids is 1. The van der Waals surface area contributed by atoms with Crippen LogP contribution >= 0.6 is 24.0 Å². The lowest BCUT2D eigenvalue weighted by Gasteiger charge is -2.09. The second-order valence-corrected chi connectivity index (χ2v) is 4.69. The fourth-order valence-corrected chi connectivity index (χ4v) is 1.75. The third-order valence-corrected chi connectivity index (χ3v) is 2.31. The van der Waals surface area contributed by atoms with Gasteiger partial charge in [0.2, 0.25) is 5.91 Å². The van der Waals surface area contributed by atoms with E-state index in [1.54, 1.807) is 13.8 Å². The van der Waals surface area contributed by atoms with Crippen LogP contribution < -0.4 is 5.32 Å². The zero-order chi connectivity index (χ0) is 9.56. The van der Waals surface area contributed by atoms with Gasteiger partial charge in [0.1, 0.15) is 0 Å². The molecule has 70 valence electrons. The fraction of sp³-hybridized carbons (Fsp3) is 0.714. The molecule has 0 aromatic carbocycles. The third kappa shape index (κ3) is 5.51. The zero-order valence-corrected chi connectivity index (χ0v) is 8.80. The first kappa shape index (κ1) is 11.9. The summed E-state index contributed by atoms with van der Waals surface area (Å²) in [5.41, 5.74) is 0. The third-order valence-electron chi connectivity index (χ3n) is 1.12. The number of carbonyl (C=O) groups is 1. The Kier molecular flexibility index (Phi) is 6.32. The summed E-state index contributed by atoms with van der Waals surface area (Å²) in [6, 6.07) is 0. The molecule has 5 heteroatoms. The van der Waals surface area contributed by atoms with Gasteiger partial charge in [0, 0.05) is 10.7 Å². The molecule has 2 N–H and O–H groups in total. The predicted octanol–water partition coefficient (Wildman–Crippen LogP) is 0.564. The van der Waals surface area contributed by atoms with Gasteiger partial charge in [-0.05, 0) is 13.8 Å². The van der Waals surface area contributed by atoms with Gasteiger partial charge in [-0.25, -0.2) is 0 Å². The molecule has 0 heterocycles. The predicted molar refractivity (Wildman–Crippen MR) is 55.4 cm³/mol. The highest BCUT2D eigenvalue weighted by Gasteiger charge is 2.12. The SMILES string of the molecule is CC(=S)SC(C)C(=O)NCCO. The van der Waals surface area contributed by atoms with Crippen LogP contribution in [0.1, 0.15) is 13.8 Å². The van der Waals surface area contributed by atoms with Crippen molar-refractivity contribution in [2.24, 2.45) is 0 Å². The number of amides is 1. The Hall–Kier alpha value is -0.130. The molecule has 3 nitrogen and oxygen atoms in total. The fourth-order valence-electron chi connectivity index (χ4n) is 0.625. The summed E-state index contributed by atoms with van der Waals surface area (Å²) in [4.78, 5) is 11.1. The van der Waals surface area contributed by atoms with Crippen LogP contribution in [0.3, 0.4) is 0 Å². The summed E-state index contributed by atoms with van der Waals surface area (Å²) in [6.45, 7) is 3.85. The van der Waals surface area contributed by atoms with Gasteiger partial charge in [-0.2, -0.15) is 0 Å². The van der Waals surface area contributed by atoms with Crippen molar-refractivity contribution in [3.8, 4) is 0 Å². The highest BCUT2D eigenvalue weighted by molar-refractivity contribution is 8.23. The Morgan fingerprint density at radius 2 is 2.33 bits per heavy atom. The highest BCUT2D eigenvalue weighted by Crippen LogP contribution is 2.12. The molecule has 0 radical (unpaired) electrons. The van der Waals surface area contributed by atoms with E-state index >= 15 is 0 Å². The molecule has 0 aromatic rings. The van der Waals surface area contributed by atoms with Crippen LogP contribution in [0.15, 0.2) is 0 Å². The normalized spacial score (nSPS) is 12.2. The lowest BCUT2D eigenvalue weighted by molar-refractivity contribution is -0.120. The Balaban J connectivity index is 3.69. The molecule has 0 aromatic heterocycles. The number of aliphatic hydroxyl groups is 1. The topological polar surface area (TPSA) is 49.3 Å². The maximum Gasteiger partial charge on any atom is 0.233 e. The quantitative estimate of drug-likeness (QED) is 0.662. The first-order valence-corrected chi connectivity index (χ1v) is 4.92. The molecule has 0 fully saturated rings. The van der Waals surface area contributed by atoms with E-state index in [1.165, 1.54) is 11.8 Å². The van der Waals surface area contributed by atoms with E-state index in [4.69, 9.17) is 17.3 Å². The summed E-state index contributed by atoms with van der Waals surface area (Å²) in [7, 11) is 0. The summed E-state index contributed by atoms with van der Waals surface area (Å²) in [5.74, 6) is -0.0850. The van der Waals surface area contributed by atoms with Gasteiger partial charge in [-0.15, -0.1) is 11.8 Å². The summed E-state index contributed by atoms with van der Waals surface area (Å²) < 4.78 is 0.752. The summed E-state index contributed by atoms with van der Waals surface area (Å²) in [5, 5.41) is 10.8. The summed E-state index contributed by atoms with van der Waals surface area (Å²) >= 11 is 6.19. The van der Waals surface area contributed by atoms with Gasteiger partial charge in [0.05, 0.1) is 11.9 Å². The first-order chi connectivity index (χ1) is 5.57. The minimum atomic E-state index is -0.172. The molecule has 0 saturated carbocycles. The molecule has 0 aliphatic rings. The van der Waals surface area contributed by atoms with Crippen molar-refractivity contribution in [1.29, 1.82) is 0 Å². The molecule has 0 saturated heterocycles. The number of rotatable bonds is 4. The van der Waals surface area contributed by atoms with E-state index < -0.39 is 0 Å². The number of thiocarbonyl (C=S) groups is 1. The van der Waals surface area contributed by atoms with Crippen molar-refractivity contribution in [1.82, 2.24) is 5.32 Å². The second-order valence-electron chi connectivity index (χ2n) is 2.27. The van der Waals surface area contributed by atoms with E-state index in [1.807, 2.05) is 0 Å². The highest BCUT2D eigenvalue weighted by atomic mass is 32.2. The van der Waals surface area contributed by atoms with Crippen LogP contribution in [0, 0.1) is 0 Å². The van der Waals surface area contributed by atoms with Gasteiger partial charge in [-0.3, -0.25) is 4.79 Å². The van der Waals surface area contributed by atoms with E-state index in [9.17, 15) is 4.79 Å². The van der Waals surface area contributed by atoms with Gasteiger partial charge >= 0.3 is 0 Å². The molecule has 1 atom stereocenters. The Bertz CT molecular complexity index is 173. The van der Waals surface area contributed by atoms with E-state index in [0.717, 1.165) is 4.20 Å². The van der Waals surface area contributed by atoms with Crippen LogP contribution in [0.5, 0.6) is 0 Å². The zero-order valence-electron chi connectivity index (χ0n) is 7.16. The standard InChI is InChI=1S/C7H13NO2S2/c1-5(12-6(2)11)7(10)8-3-4-9/h5,9H,3-4H2,1-2H3,(H,8,10). The monoisotopic (exact) mass is 207 g/mol. The van der Waals surface area contributed by atoms with Gasteiger partial charge in [0.15, 0.2) is 0 Å². The van der Waals surface area contributed by atoms with Crippen LogP contribution in [-0.4, -0.2) is 33.6 Å². The molecule has 0 rings (SSSR count). The number of hydrogen-bond donors (Lipinski definition) is 2. The minimum Gasteiger partial charge on any atom is -0.395 e. The van der Waals surface area contributed by atoms with Crippen LogP contribution in [-0.2, 0) is 4.79 Å². The van der Waals surface area contributed by atoms with Gasteiger partial charge in [-0.1, -0.05) is 12.2 Å². The molecule has 0 aliphatic heterocycles. The molecule has 0 bridgehead atoms. The molecule has 1 unspecified atom stereocenters. The van der Waals surface area contributed by atoms with E-state index in [-0.39, 0.29) is 17.8 Å². The van der Waals surface area contributed by atoms with Crippen LogP contribution in [0.4, 0.5) is 0 Å². The maximum atomic E-state index is 11.1. The van der Waals surface area contributed by atoms with E-state index in [2.05, 4.69) is 5.32 Å². The lowest BCUT2D eigenvalue weighted by atomic mass is 10.4. The van der Waals surface area contributed by atoms with Gasteiger partial charge < -0.3 is 10.4 Å². The van der Waals surface area contributed by atoms with Crippen molar-refractivity contribution in [3.63, 3.8) is 0 Å². The maximum absolute atomic E-state index is 11.1. The number of nitrogens with one attached hydrogen (secondary N) is 1. The Morgan fingerprint density at radius 3 is 2.75 bits per heavy atom. The lowest BCUT2D eigenvalue weighted by Crippen LogP contribution is -2.33.